The van der Waals surface area contributed by atoms with E-state index in [1.54, 1.807) is 42.5 Å². The summed E-state index contributed by atoms with van der Waals surface area (Å²) in [6.07, 6.45) is 0. The van der Waals surface area contributed by atoms with E-state index in [1.807, 2.05) is 6.92 Å². The Labute approximate surface area is 177 Å². The highest BCUT2D eigenvalue weighted by Crippen LogP contribution is 2.27. The summed E-state index contributed by atoms with van der Waals surface area (Å²) in [5.74, 6) is -0.806. The molecule has 0 atom stereocenters. The summed E-state index contributed by atoms with van der Waals surface area (Å²) in [6.45, 7) is 2.43. The zero-order valence-corrected chi connectivity index (χ0v) is 17.0. The van der Waals surface area contributed by atoms with Gasteiger partial charge in [0.05, 0.1) is 10.6 Å². The monoisotopic (exact) mass is 433 g/mol. The topological polar surface area (TPSA) is 58.6 Å². The fourth-order valence-corrected chi connectivity index (χ4v) is 3.17. The van der Waals surface area contributed by atoms with Gasteiger partial charge in [-0.15, -0.1) is 0 Å². The van der Waals surface area contributed by atoms with Gasteiger partial charge in [0.2, 0.25) is 0 Å². The number of aromatic carboxylic acids is 1. The second-order valence-electron chi connectivity index (χ2n) is 6.46. The van der Waals surface area contributed by atoms with E-state index in [-0.39, 0.29) is 12.2 Å². The van der Waals surface area contributed by atoms with Crippen LogP contribution >= 0.6 is 23.2 Å². The van der Waals surface area contributed by atoms with Crippen LogP contribution in [-0.4, -0.2) is 11.1 Å². The first-order chi connectivity index (χ1) is 13.8. The smallest absolute Gasteiger partial charge is 0.335 e. The van der Waals surface area contributed by atoms with Crippen molar-refractivity contribution in [1.82, 2.24) is 0 Å². The van der Waals surface area contributed by atoms with Gasteiger partial charge in [-0.25, -0.2) is 9.18 Å². The Bertz CT molecular complexity index is 1060. The number of rotatable bonds is 7. The van der Waals surface area contributed by atoms with Gasteiger partial charge < -0.3 is 15.2 Å². The molecule has 0 aliphatic heterocycles. The van der Waals surface area contributed by atoms with E-state index in [4.69, 9.17) is 27.9 Å². The molecule has 29 heavy (non-hydrogen) atoms. The standard InChI is InChI=1S/C22H18Cl2FNO3/c1-13-2-3-14(22(27)28)9-20(13)26-11-16-8-17(23)5-7-21(16)29-12-15-4-6-18(25)10-19(15)24/h2-10,26H,11-12H2,1H3,(H,27,28). The van der Waals surface area contributed by atoms with Crippen molar-refractivity contribution < 1.29 is 19.0 Å². The number of anilines is 1. The van der Waals surface area contributed by atoms with Crippen molar-refractivity contribution in [2.75, 3.05) is 5.32 Å². The third kappa shape index (κ3) is 5.40. The van der Waals surface area contributed by atoms with E-state index < -0.39 is 11.8 Å². The molecule has 3 rings (SSSR count). The molecule has 7 heteroatoms. The van der Waals surface area contributed by atoms with Crippen LogP contribution in [0.4, 0.5) is 10.1 Å². The van der Waals surface area contributed by atoms with Crippen LogP contribution in [0.2, 0.25) is 10.0 Å². The summed E-state index contributed by atoms with van der Waals surface area (Å²) < 4.78 is 19.1. The lowest BCUT2D eigenvalue weighted by molar-refractivity contribution is 0.0697. The van der Waals surface area contributed by atoms with Gasteiger partial charge in [0.1, 0.15) is 18.2 Å². The molecule has 150 valence electrons. The number of hydrogen-bond acceptors (Lipinski definition) is 3. The van der Waals surface area contributed by atoms with Crippen LogP contribution in [0.5, 0.6) is 5.75 Å². The lowest BCUT2D eigenvalue weighted by Crippen LogP contribution is -2.06. The molecule has 0 aliphatic carbocycles. The van der Waals surface area contributed by atoms with Crippen LogP contribution in [0.1, 0.15) is 27.0 Å². The fraction of sp³-hybridized carbons (Fsp3) is 0.136. The Balaban J connectivity index is 1.77. The van der Waals surface area contributed by atoms with Gasteiger partial charge in [-0.05, 0) is 55.0 Å². The van der Waals surface area contributed by atoms with E-state index in [1.165, 1.54) is 12.1 Å². The maximum atomic E-state index is 13.2. The number of carbonyl (C=O) groups is 1. The number of hydrogen-bond donors (Lipinski definition) is 2. The summed E-state index contributed by atoms with van der Waals surface area (Å²) in [6, 6.07) is 14.3. The first kappa shape index (κ1) is 21.0. The van der Waals surface area contributed by atoms with Crippen molar-refractivity contribution >= 4 is 34.9 Å². The predicted molar refractivity (Wildman–Crippen MR) is 113 cm³/mol. The van der Waals surface area contributed by atoms with Crippen molar-refractivity contribution in [2.45, 2.75) is 20.1 Å². The highest BCUT2D eigenvalue weighted by atomic mass is 35.5. The Morgan fingerprint density at radius 2 is 1.86 bits per heavy atom. The molecule has 0 unspecified atom stereocenters. The summed E-state index contributed by atoms with van der Waals surface area (Å²) in [7, 11) is 0. The van der Waals surface area contributed by atoms with Crippen LogP contribution in [-0.2, 0) is 13.2 Å². The molecule has 0 amide bonds. The molecule has 0 fully saturated rings. The zero-order chi connectivity index (χ0) is 21.0. The molecule has 0 saturated heterocycles. The first-order valence-electron chi connectivity index (χ1n) is 8.76. The third-order valence-electron chi connectivity index (χ3n) is 4.37. The highest BCUT2D eigenvalue weighted by molar-refractivity contribution is 6.31. The summed E-state index contributed by atoms with van der Waals surface area (Å²) >= 11 is 12.2. The molecule has 3 aromatic carbocycles. The van der Waals surface area contributed by atoms with Gasteiger partial charge >= 0.3 is 5.97 Å². The second-order valence-corrected chi connectivity index (χ2v) is 7.31. The van der Waals surface area contributed by atoms with Crippen molar-refractivity contribution in [1.29, 1.82) is 0 Å². The van der Waals surface area contributed by atoms with E-state index in [9.17, 15) is 14.3 Å². The maximum absolute atomic E-state index is 13.2. The maximum Gasteiger partial charge on any atom is 0.335 e. The van der Waals surface area contributed by atoms with Gasteiger partial charge in [0.25, 0.3) is 0 Å². The van der Waals surface area contributed by atoms with E-state index >= 15 is 0 Å². The molecule has 3 aromatic rings. The lowest BCUT2D eigenvalue weighted by atomic mass is 10.1. The predicted octanol–water partition coefficient (Wildman–Crippen LogP) is 6.33. The highest BCUT2D eigenvalue weighted by Gasteiger charge is 2.10. The van der Waals surface area contributed by atoms with Gasteiger partial charge in [-0.1, -0.05) is 35.3 Å². The zero-order valence-electron chi connectivity index (χ0n) is 15.5. The van der Waals surface area contributed by atoms with Crippen molar-refractivity contribution in [2.24, 2.45) is 0 Å². The average Bonchev–Trinajstić information content (AvgIpc) is 2.67. The lowest BCUT2D eigenvalue weighted by Gasteiger charge is -2.15. The summed E-state index contributed by atoms with van der Waals surface area (Å²) in [5, 5.41) is 13.3. The molecule has 0 heterocycles. The number of ether oxygens (including phenoxy) is 1. The Hall–Kier alpha value is -2.76. The molecule has 4 nitrogen and oxygen atoms in total. The van der Waals surface area contributed by atoms with Gasteiger partial charge in [0.15, 0.2) is 0 Å². The van der Waals surface area contributed by atoms with Crippen LogP contribution in [0.25, 0.3) is 0 Å². The molecule has 0 radical (unpaired) electrons. The van der Waals surface area contributed by atoms with E-state index in [0.717, 1.165) is 11.1 Å². The molecular weight excluding hydrogens is 416 g/mol. The number of nitrogens with one attached hydrogen (secondary N) is 1. The second kappa shape index (κ2) is 9.16. The van der Waals surface area contributed by atoms with E-state index in [0.29, 0.717) is 33.6 Å². The normalized spacial score (nSPS) is 10.6. The van der Waals surface area contributed by atoms with Gasteiger partial charge in [-0.2, -0.15) is 0 Å². The SMILES string of the molecule is Cc1ccc(C(=O)O)cc1NCc1cc(Cl)ccc1OCc1ccc(F)cc1Cl. The Kier molecular flexibility index (Phi) is 6.62. The van der Waals surface area contributed by atoms with Crippen molar-refractivity contribution in [3.05, 3.63) is 92.7 Å². The number of halogens is 3. The minimum absolute atomic E-state index is 0.168. The molecule has 0 aromatic heterocycles. The number of benzene rings is 3. The van der Waals surface area contributed by atoms with Gasteiger partial charge in [0, 0.05) is 28.4 Å². The minimum Gasteiger partial charge on any atom is -0.488 e. The quantitative estimate of drug-likeness (QED) is 0.456. The van der Waals surface area contributed by atoms with Crippen molar-refractivity contribution in [3.63, 3.8) is 0 Å². The molecule has 0 aliphatic rings. The first-order valence-corrected chi connectivity index (χ1v) is 9.52. The number of carboxylic acids is 1. The van der Waals surface area contributed by atoms with Gasteiger partial charge in [-0.3, -0.25) is 0 Å². The summed E-state index contributed by atoms with van der Waals surface area (Å²) in [4.78, 5) is 11.2. The van der Waals surface area contributed by atoms with Crippen LogP contribution in [0, 0.1) is 12.7 Å². The Morgan fingerprint density at radius 1 is 1.07 bits per heavy atom. The summed E-state index contributed by atoms with van der Waals surface area (Å²) in [5.41, 5.74) is 3.27. The van der Waals surface area contributed by atoms with E-state index in [2.05, 4.69) is 5.32 Å². The number of aryl methyl sites for hydroxylation is 1. The van der Waals surface area contributed by atoms with Crippen LogP contribution in [0.3, 0.4) is 0 Å². The Morgan fingerprint density at radius 3 is 2.59 bits per heavy atom. The largest absolute Gasteiger partial charge is 0.488 e. The van der Waals surface area contributed by atoms with Crippen LogP contribution in [0.15, 0.2) is 54.6 Å². The van der Waals surface area contributed by atoms with Crippen molar-refractivity contribution in [3.8, 4) is 5.75 Å². The molecule has 0 bridgehead atoms. The molecule has 2 N–H and O–H groups in total. The molecule has 0 spiro atoms. The molecular formula is C22H18Cl2FNO3. The van der Waals surface area contributed by atoms with Crippen LogP contribution < -0.4 is 10.1 Å². The fourth-order valence-electron chi connectivity index (χ4n) is 2.76. The third-order valence-corrected chi connectivity index (χ3v) is 4.96. The minimum atomic E-state index is -0.990. The average molecular weight is 434 g/mol. The number of carboxylic acid groups (broad SMARTS) is 1. The molecule has 0 saturated carbocycles.